The van der Waals surface area contributed by atoms with Gasteiger partial charge in [-0.3, -0.25) is 4.79 Å². The van der Waals surface area contributed by atoms with Crippen LogP contribution in [0.25, 0.3) is 0 Å². The average molecular weight is 385 g/mol. The third-order valence-electron chi connectivity index (χ3n) is 4.03. The Morgan fingerprint density at radius 3 is 2.39 bits per heavy atom. The van der Waals surface area contributed by atoms with Gasteiger partial charge in [0.25, 0.3) is 0 Å². The second kappa shape index (κ2) is 10.3. The van der Waals surface area contributed by atoms with E-state index in [9.17, 15) is 9.59 Å². The Kier molecular flexibility index (Phi) is 7.83. The molecule has 0 heterocycles. The van der Waals surface area contributed by atoms with Crippen molar-refractivity contribution in [2.75, 3.05) is 33.1 Å². The highest BCUT2D eigenvalue weighted by Crippen LogP contribution is 2.22. The highest BCUT2D eigenvalue weighted by Gasteiger charge is 2.11. The molecule has 28 heavy (non-hydrogen) atoms. The topological polar surface area (TPSA) is 79.9 Å². The zero-order chi connectivity index (χ0) is 20.5. The van der Waals surface area contributed by atoms with Crippen molar-refractivity contribution in [1.82, 2.24) is 10.2 Å². The fourth-order valence-corrected chi connectivity index (χ4v) is 2.60. The molecular formula is C21H27N3O4. The molecule has 2 aromatic carbocycles. The summed E-state index contributed by atoms with van der Waals surface area (Å²) in [5.74, 6) is 1.09. The second-order valence-electron chi connectivity index (χ2n) is 6.52. The monoisotopic (exact) mass is 385 g/mol. The molecule has 0 spiro atoms. The number of hydrogen-bond donors (Lipinski definition) is 2. The molecule has 0 saturated carbocycles. The first-order valence-corrected chi connectivity index (χ1v) is 9.06. The van der Waals surface area contributed by atoms with Gasteiger partial charge in [-0.2, -0.15) is 0 Å². The Hall–Kier alpha value is -3.06. The number of rotatable bonds is 8. The van der Waals surface area contributed by atoms with Gasteiger partial charge in [-0.1, -0.05) is 18.2 Å². The maximum atomic E-state index is 11.6. The van der Waals surface area contributed by atoms with Gasteiger partial charge in [-0.25, -0.2) is 4.79 Å². The fourth-order valence-electron chi connectivity index (χ4n) is 2.60. The number of carbonyl (C=O) groups excluding carboxylic acids is 2. The van der Waals surface area contributed by atoms with E-state index < -0.39 is 6.09 Å². The number of hydrogen-bond acceptors (Lipinski definition) is 5. The van der Waals surface area contributed by atoms with Crippen molar-refractivity contribution in [3.05, 3.63) is 54.1 Å². The van der Waals surface area contributed by atoms with Crippen molar-refractivity contribution >= 4 is 17.7 Å². The Morgan fingerprint density at radius 1 is 1.07 bits per heavy atom. The molecule has 2 aromatic rings. The predicted octanol–water partition coefficient (Wildman–Crippen LogP) is 3.44. The van der Waals surface area contributed by atoms with E-state index in [1.807, 2.05) is 37.4 Å². The maximum absolute atomic E-state index is 11.6. The Balaban J connectivity index is 1.90. The molecule has 1 unspecified atom stereocenters. The first-order valence-electron chi connectivity index (χ1n) is 9.06. The van der Waals surface area contributed by atoms with Crippen LogP contribution in [0.4, 0.5) is 10.5 Å². The summed E-state index contributed by atoms with van der Waals surface area (Å²) in [6, 6.07) is 14.8. The summed E-state index contributed by atoms with van der Waals surface area (Å²) in [5, 5.41) is 6.00. The van der Waals surface area contributed by atoms with Crippen LogP contribution in [0.5, 0.6) is 11.5 Å². The van der Waals surface area contributed by atoms with E-state index in [1.165, 1.54) is 11.8 Å². The second-order valence-corrected chi connectivity index (χ2v) is 6.52. The summed E-state index contributed by atoms with van der Waals surface area (Å²) >= 11 is 0. The van der Waals surface area contributed by atoms with Gasteiger partial charge in [0.1, 0.15) is 11.5 Å². The average Bonchev–Trinajstić information content (AvgIpc) is 2.66. The molecule has 2 amide bonds. The molecule has 0 radical (unpaired) electrons. The standard InChI is InChI=1S/C21H27N3O4/c1-15(25)23-17-6-5-7-19(14-17)27-13-12-20(22-2)16-8-10-18(11-9-16)28-21(26)24(3)4/h5-11,14,20,22H,12-13H2,1-4H3,(H,23,25). The van der Waals surface area contributed by atoms with Crippen LogP contribution in [0.3, 0.4) is 0 Å². The summed E-state index contributed by atoms with van der Waals surface area (Å²) in [7, 11) is 5.17. The molecular weight excluding hydrogens is 358 g/mol. The van der Waals surface area contributed by atoms with Crippen LogP contribution >= 0.6 is 0 Å². The molecule has 0 bridgehead atoms. The van der Waals surface area contributed by atoms with Crippen LogP contribution in [0, 0.1) is 0 Å². The Labute approximate surface area is 165 Å². The molecule has 2 rings (SSSR count). The first kappa shape index (κ1) is 21.2. The Bertz CT molecular complexity index is 790. The Morgan fingerprint density at radius 2 is 1.79 bits per heavy atom. The SMILES string of the molecule is CNC(CCOc1cccc(NC(C)=O)c1)c1ccc(OC(=O)N(C)C)cc1. The molecule has 0 aliphatic rings. The maximum Gasteiger partial charge on any atom is 0.414 e. The molecule has 150 valence electrons. The van der Waals surface area contributed by atoms with Gasteiger partial charge >= 0.3 is 6.09 Å². The van der Waals surface area contributed by atoms with Crippen LogP contribution < -0.4 is 20.1 Å². The van der Waals surface area contributed by atoms with Crippen molar-refractivity contribution in [3.8, 4) is 11.5 Å². The third-order valence-corrected chi connectivity index (χ3v) is 4.03. The van der Waals surface area contributed by atoms with E-state index in [-0.39, 0.29) is 11.9 Å². The van der Waals surface area contributed by atoms with Gasteiger partial charge in [-0.05, 0) is 36.9 Å². The smallest absolute Gasteiger partial charge is 0.414 e. The fraction of sp³-hybridized carbons (Fsp3) is 0.333. The quantitative estimate of drug-likeness (QED) is 0.728. The lowest BCUT2D eigenvalue weighted by molar-refractivity contribution is -0.114. The minimum Gasteiger partial charge on any atom is -0.493 e. The van der Waals surface area contributed by atoms with Crippen molar-refractivity contribution in [3.63, 3.8) is 0 Å². The van der Waals surface area contributed by atoms with Gasteiger partial charge in [0.05, 0.1) is 6.61 Å². The van der Waals surface area contributed by atoms with Gasteiger partial charge in [0.15, 0.2) is 0 Å². The van der Waals surface area contributed by atoms with E-state index in [0.717, 1.165) is 12.0 Å². The molecule has 0 aliphatic heterocycles. The molecule has 0 aliphatic carbocycles. The molecule has 0 aromatic heterocycles. The predicted molar refractivity (Wildman–Crippen MR) is 109 cm³/mol. The lowest BCUT2D eigenvalue weighted by Crippen LogP contribution is -2.25. The largest absolute Gasteiger partial charge is 0.493 e. The summed E-state index contributed by atoms with van der Waals surface area (Å²) < 4.78 is 11.1. The number of carbonyl (C=O) groups is 2. The van der Waals surface area contributed by atoms with E-state index in [4.69, 9.17) is 9.47 Å². The zero-order valence-electron chi connectivity index (χ0n) is 16.7. The molecule has 7 heteroatoms. The number of benzene rings is 2. The molecule has 7 nitrogen and oxygen atoms in total. The van der Waals surface area contributed by atoms with E-state index in [0.29, 0.717) is 23.8 Å². The van der Waals surface area contributed by atoms with E-state index in [2.05, 4.69) is 10.6 Å². The molecule has 0 fully saturated rings. The molecule has 1 atom stereocenters. The lowest BCUT2D eigenvalue weighted by Gasteiger charge is -2.18. The van der Waals surface area contributed by atoms with Gasteiger partial charge in [-0.15, -0.1) is 0 Å². The number of ether oxygens (including phenoxy) is 2. The van der Waals surface area contributed by atoms with Gasteiger partial charge in [0, 0.05) is 45.2 Å². The summed E-state index contributed by atoms with van der Waals surface area (Å²) in [6.07, 6.45) is 0.338. The lowest BCUT2D eigenvalue weighted by atomic mass is 10.0. The summed E-state index contributed by atoms with van der Waals surface area (Å²) in [4.78, 5) is 24.1. The summed E-state index contributed by atoms with van der Waals surface area (Å²) in [5.41, 5.74) is 1.78. The van der Waals surface area contributed by atoms with E-state index >= 15 is 0 Å². The summed E-state index contributed by atoms with van der Waals surface area (Å²) in [6.45, 7) is 1.98. The highest BCUT2D eigenvalue weighted by atomic mass is 16.6. The van der Waals surface area contributed by atoms with Gasteiger partial charge < -0.3 is 25.0 Å². The third kappa shape index (κ3) is 6.59. The van der Waals surface area contributed by atoms with Crippen LogP contribution in [0.2, 0.25) is 0 Å². The van der Waals surface area contributed by atoms with Crippen molar-refractivity contribution in [2.45, 2.75) is 19.4 Å². The molecule has 2 N–H and O–H groups in total. The van der Waals surface area contributed by atoms with Crippen LogP contribution in [0.1, 0.15) is 24.9 Å². The van der Waals surface area contributed by atoms with Crippen LogP contribution in [-0.2, 0) is 4.79 Å². The zero-order valence-corrected chi connectivity index (χ0v) is 16.7. The van der Waals surface area contributed by atoms with Crippen LogP contribution in [0.15, 0.2) is 48.5 Å². The first-order chi connectivity index (χ1) is 13.4. The number of nitrogens with zero attached hydrogens (tertiary/aromatic N) is 1. The van der Waals surface area contributed by atoms with Gasteiger partial charge in [0.2, 0.25) is 5.91 Å². The minimum atomic E-state index is -0.409. The highest BCUT2D eigenvalue weighted by molar-refractivity contribution is 5.88. The number of nitrogens with one attached hydrogen (secondary N) is 2. The van der Waals surface area contributed by atoms with Crippen LogP contribution in [-0.4, -0.2) is 44.7 Å². The van der Waals surface area contributed by atoms with Crippen molar-refractivity contribution in [2.24, 2.45) is 0 Å². The minimum absolute atomic E-state index is 0.0946. The number of anilines is 1. The van der Waals surface area contributed by atoms with Crippen molar-refractivity contribution in [1.29, 1.82) is 0 Å². The normalized spacial score (nSPS) is 11.4. The molecule has 0 saturated heterocycles. The van der Waals surface area contributed by atoms with Crippen molar-refractivity contribution < 1.29 is 19.1 Å². The number of amides is 2. The van der Waals surface area contributed by atoms with E-state index in [1.54, 1.807) is 32.3 Å².